The lowest BCUT2D eigenvalue weighted by Crippen LogP contribution is -2.28. The van der Waals surface area contributed by atoms with E-state index in [2.05, 4.69) is 11.4 Å². The third kappa shape index (κ3) is 3.07. The summed E-state index contributed by atoms with van der Waals surface area (Å²) in [6, 6.07) is 15.6. The van der Waals surface area contributed by atoms with E-state index >= 15 is 0 Å². The largest absolute Gasteiger partial charge is 0.370 e. The van der Waals surface area contributed by atoms with Crippen LogP contribution >= 0.6 is 0 Å². The number of benzene rings is 2. The minimum absolute atomic E-state index is 0.343. The Labute approximate surface area is 125 Å². The Kier molecular flexibility index (Phi) is 3.65. The van der Waals surface area contributed by atoms with Crippen LogP contribution in [0.1, 0.15) is 41.5 Å². The molecule has 108 valence electrons. The molecule has 1 aliphatic carbocycles. The average Bonchev–Trinajstić information content (AvgIpc) is 3.29. The molecule has 1 saturated carbocycles. The molecule has 0 aliphatic heterocycles. The van der Waals surface area contributed by atoms with Crippen molar-refractivity contribution in [3.8, 4) is 0 Å². The third-order valence-corrected chi connectivity index (χ3v) is 3.94. The van der Waals surface area contributed by atoms with E-state index in [0.717, 1.165) is 16.8 Å². The minimum atomic E-state index is -0.483. The monoisotopic (exact) mass is 280 g/mol. The van der Waals surface area contributed by atoms with Crippen molar-refractivity contribution in [2.24, 2.45) is 5.73 Å². The maximum absolute atomic E-state index is 11.9. The van der Waals surface area contributed by atoms with Crippen LogP contribution in [0.25, 0.3) is 0 Å². The highest BCUT2D eigenvalue weighted by atomic mass is 16.1. The summed E-state index contributed by atoms with van der Waals surface area (Å²) in [7, 11) is 0. The maximum atomic E-state index is 11.9. The molecule has 0 aromatic heterocycles. The first-order chi connectivity index (χ1) is 10.1. The Hall–Kier alpha value is -2.29. The molecule has 21 heavy (non-hydrogen) atoms. The summed E-state index contributed by atoms with van der Waals surface area (Å²) in [5, 5.41) is 3.28. The number of aryl methyl sites for hydroxylation is 1. The summed E-state index contributed by atoms with van der Waals surface area (Å²) in [5.74, 6) is 0.243. The van der Waals surface area contributed by atoms with Gasteiger partial charge in [0.05, 0.1) is 0 Å². The molecule has 1 atom stereocenters. The topological polar surface area (TPSA) is 55.1 Å². The van der Waals surface area contributed by atoms with E-state index in [1.807, 2.05) is 49.4 Å². The maximum Gasteiger partial charge on any atom is 0.244 e. The summed E-state index contributed by atoms with van der Waals surface area (Å²) in [6.45, 7) is 2.03. The molecule has 1 aliphatic rings. The van der Waals surface area contributed by atoms with Crippen LogP contribution in [-0.4, -0.2) is 5.91 Å². The van der Waals surface area contributed by atoms with Gasteiger partial charge >= 0.3 is 0 Å². The predicted molar refractivity (Wildman–Crippen MR) is 85.2 cm³/mol. The zero-order valence-corrected chi connectivity index (χ0v) is 12.2. The molecule has 3 heteroatoms. The van der Waals surface area contributed by atoms with Gasteiger partial charge < -0.3 is 11.1 Å². The first-order valence-corrected chi connectivity index (χ1v) is 7.36. The average molecular weight is 280 g/mol. The predicted octanol–water partition coefficient (Wildman–Crippen LogP) is 3.51. The molecule has 3 N–H and O–H groups in total. The first-order valence-electron chi connectivity index (χ1n) is 7.36. The molecule has 2 aromatic carbocycles. The molecule has 0 bridgehead atoms. The molecule has 1 unspecified atom stereocenters. The van der Waals surface area contributed by atoms with Crippen LogP contribution in [0.2, 0.25) is 0 Å². The fraction of sp³-hybridized carbons (Fsp3) is 0.278. The van der Waals surface area contributed by atoms with Crippen molar-refractivity contribution >= 4 is 11.6 Å². The Morgan fingerprint density at radius 2 is 1.95 bits per heavy atom. The van der Waals surface area contributed by atoms with Crippen LogP contribution in [-0.2, 0) is 4.79 Å². The highest BCUT2D eigenvalue weighted by molar-refractivity contribution is 5.85. The number of nitrogens with two attached hydrogens (primary N) is 1. The van der Waals surface area contributed by atoms with Gasteiger partial charge in [-0.25, -0.2) is 0 Å². The summed E-state index contributed by atoms with van der Waals surface area (Å²) >= 11 is 0. The van der Waals surface area contributed by atoms with Gasteiger partial charge in [0.1, 0.15) is 6.04 Å². The number of anilines is 1. The molecule has 1 fully saturated rings. The SMILES string of the molecule is Cc1cccc(NC(C(N)=O)c2ccccc2C2CC2)c1. The normalized spacial score (nSPS) is 15.5. The van der Waals surface area contributed by atoms with Crippen molar-refractivity contribution in [1.29, 1.82) is 0 Å². The van der Waals surface area contributed by atoms with Crippen LogP contribution in [0.4, 0.5) is 5.69 Å². The van der Waals surface area contributed by atoms with Crippen molar-refractivity contribution in [2.75, 3.05) is 5.32 Å². The van der Waals surface area contributed by atoms with Crippen LogP contribution in [0.5, 0.6) is 0 Å². The highest BCUT2D eigenvalue weighted by Gasteiger charge is 2.29. The van der Waals surface area contributed by atoms with Crippen LogP contribution in [0, 0.1) is 6.92 Å². The summed E-state index contributed by atoms with van der Waals surface area (Å²) < 4.78 is 0. The van der Waals surface area contributed by atoms with E-state index in [-0.39, 0.29) is 5.91 Å². The molecule has 2 aromatic rings. The standard InChI is InChI=1S/C18H20N2O/c1-12-5-4-6-14(11-12)20-17(18(19)21)16-8-3-2-7-15(16)13-9-10-13/h2-8,11,13,17,20H,9-10H2,1H3,(H2,19,21). The number of rotatable bonds is 5. The molecule has 1 amide bonds. The number of amides is 1. The van der Waals surface area contributed by atoms with Gasteiger partial charge in [-0.1, -0.05) is 36.4 Å². The second-order valence-electron chi connectivity index (χ2n) is 5.75. The number of hydrogen-bond acceptors (Lipinski definition) is 2. The number of carbonyl (C=O) groups excluding carboxylic acids is 1. The summed E-state index contributed by atoms with van der Waals surface area (Å²) in [4.78, 5) is 11.9. The fourth-order valence-electron chi connectivity index (χ4n) is 2.74. The van der Waals surface area contributed by atoms with Gasteiger partial charge in [0, 0.05) is 5.69 Å². The van der Waals surface area contributed by atoms with Crippen molar-refractivity contribution in [2.45, 2.75) is 31.7 Å². The smallest absolute Gasteiger partial charge is 0.244 e. The Bertz CT molecular complexity index is 662. The van der Waals surface area contributed by atoms with Crippen molar-refractivity contribution in [1.82, 2.24) is 0 Å². The van der Waals surface area contributed by atoms with E-state index in [4.69, 9.17) is 5.73 Å². The van der Waals surface area contributed by atoms with Crippen LogP contribution in [0.3, 0.4) is 0 Å². The molecule has 0 radical (unpaired) electrons. The summed E-state index contributed by atoms with van der Waals surface area (Å²) in [5.41, 5.74) is 9.97. The zero-order chi connectivity index (χ0) is 14.8. The molecule has 0 saturated heterocycles. The number of hydrogen-bond donors (Lipinski definition) is 2. The van der Waals surface area contributed by atoms with Crippen molar-refractivity contribution in [3.05, 3.63) is 65.2 Å². The summed E-state index contributed by atoms with van der Waals surface area (Å²) in [6.07, 6.45) is 2.40. The van der Waals surface area contributed by atoms with Gasteiger partial charge in [0.15, 0.2) is 0 Å². The van der Waals surface area contributed by atoms with Gasteiger partial charge in [0.25, 0.3) is 0 Å². The van der Waals surface area contributed by atoms with Gasteiger partial charge in [-0.05, 0) is 54.5 Å². The van der Waals surface area contributed by atoms with Gasteiger partial charge in [-0.15, -0.1) is 0 Å². The lowest BCUT2D eigenvalue weighted by molar-refractivity contribution is -0.118. The Morgan fingerprint density at radius 3 is 2.62 bits per heavy atom. The molecule has 0 spiro atoms. The van der Waals surface area contributed by atoms with Gasteiger partial charge in [-0.3, -0.25) is 4.79 Å². The van der Waals surface area contributed by atoms with E-state index in [1.165, 1.54) is 18.4 Å². The van der Waals surface area contributed by atoms with Gasteiger partial charge in [0.2, 0.25) is 5.91 Å². The highest BCUT2D eigenvalue weighted by Crippen LogP contribution is 2.43. The minimum Gasteiger partial charge on any atom is -0.370 e. The number of nitrogens with one attached hydrogen (secondary N) is 1. The van der Waals surface area contributed by atoms with E-state index in [0.29, 0.717) is 5.92 Å². The van der Waals surface area contributed by atoms with E-state index in [1.54, 1.807) is 0 Å². The first kappa shape index (κ1) is 13.7. The number of primary amides is 1. The quantitative estimate of drug-likeness (QED) is 0.880. The van der Waals surface area contributed by atoms with E-state index in [9.17, 15) is 4.79 Å². The molecule has 3 rings (SSSR count). The van der Waals surface area contributed by atoms with Gasteiger partial charge in [-0.2, -0.15) is 0 Å². The van der Waals surface area contributed by atoms with Crippen LogP contribution < -0.4 is 11.1 Å². The second kappa shape index (κ2) is 5.60. The molecular formula is C18H20N2O. The fourth-order valence-corrected chi connectivity index (χ4v) is 2.74. The Balaban J connectivity index is 1.93. The molecular weight excluding hydrogens is 260 g/mol. The molecule has 3 nitrogen and oxygen atoms in total. The van der Waals surface area contributed by atoms with Crippen molar-refractivity contribution in [3.63, 3.8) is 0 Å². The lowest BCUT2D eigenvalue weighted by Gasteiger charge is -2.20. The third-order valence-electron chi connectivity index (χ3n) is 3.94. The van der Waals surface area contributed by atoms with Crippen LogP contribution in [0.15, 0.2) is 48.5 Å². The van der Waals surface area contributed by atoms with Crippen molar-refractivity contribution < 1.29 is 4.79 Å². The Morgan fingerprint density at radius 1 is 1.19 bits per heavy atom. The number of carbonyl (C=O) groups is 1. The zero-order valence-electron chi connectivity index (χ0n) is 12.2. The second-order valence-corrected chi connectivity index (χ2v) is 5.75. The molecule has 0 heterocycles. The van der Waals surface area contributed by atoms with E-state index < -0.39 is 6.04 Å². The lowest BCUT2D eigenvalue weighted by atomic mass is 9.96.